The first-order valence-corrected chi connectivity index (χ1v) is 10.7. The SMILES string of the molecule is Cc1cc(C)c(-c2nnc(NC(=O)c3ccccc3C(=O)c3ccccc3)s2)c(C)c1. The maximum Gasteiger partial charge on any atom is 0.258 e. The lowest BCUT2D eigenvalue weighted by molar-refractivity contribution is 0.0996. The van der Waals surface area contributed by atoms with Gasteiger partial charge in [-0.25, -0.2) is 0 Å². The van der Waals surface area contributed by atoms with Gasteiger partial charge >= 0.3 is 0 Å². The van der Waals surface area contributed by atoms with Crippen molar-refractivity contribution in [2.24, 2.45) is 0 Å². The molecular weight excluding hydrogens is 406 g/mol. The van der Waals surface area contributed by atoms with E-state index in [0.717, 1.165) is 21.7 Å². The van der Waals surface area contributed by atoms with Crippen molar-refractivity contribution in [3.05, 3.63) is 100 Å². The van der Waals surface area contributed by atoms with Gasteiger partial charge < -0.3 is 0 Å². The quantitative estimate of drug-likeness (QED) is 0.420. The summed E-state index contributed by atoms with van der Waals surface area (Å²) in [5.41, 5.74) is 5.64. The predicted molar refractivity (Wildman–Crippen MR) is 124 cm³/mol. The summed E-state index contributed by atoms with van der Waals surface area (Å²) in [5, 5.41) is 12.4. The molecule has 0 radical (unpaired) electrons. The average molecular weight is 428 g/mol. The van der Waals surface area contributed by atoms with Gasteiger partial charge in [-0.15, -0.1) is 10.2 Å². The monoisotopic (exact) mass is 427 g/mol. The van der Waals surface area contributed by atoms with Crippen LogP contribution in [0.3, 0.4) is 0 Å². The summed E-state index contributed by atoms with van der Waals surface area (Å²) in [6.45, 7) is 6.14. The molecule has 0 aliphatic carbocycles. The van der Waals surface area contributed by atoms with Crippen molar-refractivity contribution >= 4 is 28.2 Å². The van der Waals surface area contributed by atoms with E-state index < -0.39 is 0 Å². The number of aromatic nitrogens is 2. The molecule has 0 spiro atoms. The molecule has 0 atom stereocenters. The second kappa shape index (κ2) is 8.62. The van der Waals surface area contributed by atoms with E-state index in [1.165, 1.54) is 16.9 Å². The normalized spacial score (nSPS) is 10.7. The number of benzene rings is 3. The summed E-state index contributed by atoms with van der Waals surface area (Å²) in [7, 11) is 0. The van der Waals surface area contributed by atoms with Gasteiger partial charge in [0.15, 0.2) is 5.78 Å². The molecule has 1 heterocycles. The second-order valence-corrected chi connectivity index (χ2v) is 8.36. The predicted octanol–water partition coefficient (Wildman–Crippen LogP) is 5.61. The third-order valence-corrected chi connectivity index (χ3v) is 5.84. The molecule has 0 aliphatic heterocycles. The molecule has 0 fully saturated rings. The van der Waals surface area contributed by atoms with E-state index in [1.54, 1.807) is 48.5 Å². The number of rotatable bonds is 5. The zero-order chi connectivity index (χ0) is 22.0. The third kappa shape index (κ3) is 4.29. The van der Waals surface area contributed by atoms with Crippen molar-refractivity contribution in [2.45, 2.75) is 20.8 Å². The van der Waals surface area contributed by atoms with Crippen LogP contribution in [-0.2, 0) is 0 Å². The van der Waals surface area contributed by atoms with E-state index in [0.29, 0.717) is 21.8 Å². The van der Waals surface area contributed by atoms with E-state index in [4.69, 9.17) is 0 Å². The molecule has 1 amide bonds. The summed E-state index contributed by atoms with van der Waals surface area (Å²) in [6, 6.07) is 19.9. The van der Waals surface area contributed by atoms with E-state index in [1.807, 2.05) is 19.9 Å². The molecule has 4 aromatic rings. The first-order valence-electron chi connectivity index (χ1n) is 9.86. The summed E-state index contributed by atoms with van der Waals surface area (Å²) < 4.78 is 0. The van der Waals surface area contributed by atoms with Crippen molar-refractivity contribution in [2.75, 3.05) is 5.32 Å². The van der Waals surface area contributed by atoms with Crippen molar-refractivity contribution in [3.8, 4) is 10.6 Å². The van der Waals surface area contributed by atoms with Crippen LogP contribution in [0.2, 0.25) is 0 Å². The zero-order valence-electron chi connectivity index (χ0n) is 17.5. The Kier molecular flexibility index (Phi) is 5.73. The molecule has 0 saturated heterocycles. The number of hydrogen-bond acceptors (Lipinski definition) is 5. The highest BCUT2D eigenvalue weighted by molar-refractivity contribution is 7.18. The Bertz CT molecular complexity index is 1260. The van der Waals surface area contributed by atoms with E-state index in [2.05, 4.69) is 34.6 Å². The summed E-state index contributed by atoms with van der Waals surface area (Å²) in [5.74, 6) is -0.588. The van der Waals surface area contributed by atoms with Gasteiger partial charge in [0.2, 0.25) is 5.13 Å². The lowest BCUT2D eigenvalue weighted by Crippen LogP contribution is -2.16. The summed E-state index contributed by atoms with van der Waals surface area (Å²) >= 11 is 1.31. The molecule has 6 heteroatoms. The minimum atomic E-state index is -0.389. The number of anilines is 1. The maximum absolute atomic E-state index is 13.0. The maximum atomic E-state index is 13.0. The van der Waals surface area contributed by atoms with Crippen molar-refractivity contribution in [1.82, 2.24) is 10.2 Å². The number of amides is 1. The van der Waals surface area contributed by atoms with Crippen LogP contribution < -0.4 is 5.32 Å². The Hall–Kier alpha value is -3.64. The van der Waals surface area contributed by atoms with Crippen LogP contribution in [0.15, 0.2) is 66.7 Å². The number of nitrogens with zero attached hydrogens (tertiary/aromatic N) is 2. The van der Waals surface area contributed by atoms with Gasteiger partial charge in [0.05, 0.1) is 5.56 Å². The van der Waals surface area contributed by atoms with Crippen molar-refractivity contribution in [3.63, 3.8) is 0 Å². The molecule has 4 rings (SSSR count). The molecule has 0 unspecified atom stereocenters. The van der Waals surface area contributed by atoms with Crippen LogP contribution in [0.4, 0.5) is 5.13 Å². The largest absolute Gasteiger partial charge is 0.296 e. The number of aryl methyl sites for hydroxylation is 3. The molecule has 0 bridgehead atoms. The topological polar surface area (TPSA) is 72.0 Å². The van der Waals surface area contributed by atoms with E-state index in [-0.39, 0.29) is 11.7 Å². The first kappa shape index (κ1) is 20.6. The van der Waals surface area contributed by atoms with Gasteiger partial charge in [-0.1, -0.05) is 77.6 Å². The van der Waals surface area contributed by atoms with Crippen LogP contribution in [0.5, 0.6) is 0 Å². The fraction of sp³-hybridized carbons (Fsp3) is 0.120. The van der Waals surface area contributed by atoms with Gasteiger partial charge in [-0.3, -0.25) is 14.9 Å². The fourth-order valence-corrected chi connectivity index (χ4v) is 4.59. The Labute approximate surface area is 184 Å². The van der Waals surface area contributed by atoms with Gasteiger partial charge in [0, 0.05) is 16.7 Å². The second-order valence-electron chi connectivity index (χ2n) is 7.38. The van der Waals surface area contributed by atoms with Crippen LogP contribution >= 0.6 is 11.3 Å². The highest BCUT2D eigenvalue weighted by Gasteiger charge is 2.20. The van der Waals surface area contributed by atoms with Crippen LogP contribution in [0.1, 0.15) is 43.0 Å². The average Bonchev–Trinajstić information content (AvgIpc) is 3.21. The van der Waals surface area contributed by atoms with Crippen molar-refractivity contribution in [1.29, 1.82) is 0 Å². The van der Waals surface area contributed by atoms with E-state index in [9.17, 15) is 9.59 Å². The van der Waals surface area contributed by atoms with Gasteiger partial charge in [-0.05, 0) is 38.0 Å². The minimum absolute atomic E-state index is 0.199. The Balaban J connectivity index is 1.60. The Morgan fingerprint density at radius 3 is 2.10 bits per heavy atom. The molecule has 1 N–H and O–H groups in total. The number of carbonyl (C=O) groups is 2. The Morgan fingerprint density at radius 1 is 0.806 bits per heavy atom. The lowest BCUT2D eigenvalue weighted by Gasteiger charge is -2.08. The molecule has 0 saturated carbocycles. The number of hydrogen-bond donors (Lipinski definition) is 1. The van der Waals surface area contributed by atoms with Crippen LogP contribution in [0.25, 0.3) is 10.6 Å². The van der Waals surface area contributed by atoms with Gasteiger partial charge in [0.25, 0.3) is 5.91 Å². The summed E-state index contributed by atoms with van der Waals surface area (Å²) in [4.78, 5) is 25.9. The molecule has 0 aliphatic rings. The molecule has 31 heavy (non-hydrogen) atoms. The number of nitrogens with one attached hydrogen (secondary N) is 1. The zero-order valence-corrected chi connectivity index (χ0v) is 18.3. The lowest BCUT2D eigenvalue weighted by atomic mass is 9.98. The molecule has 154 valence electrons. The van der Waals surface area contributed by atoms with E-state index >= 15 is 0 Å². The third-order valence-electron chi connectivity index (χ3n) is 4.99. The standard InChI is InChI=1S/C25H21N3O2S/c1-15-13-16(2)21(17(3)14-15)24-27-28-25(31-24)26-23(30)20-12-8-7-11-19(20)22(29)18-9-5-4-6-10-18/h4-14H,1-3H3,(H,26,28,30). The highest BCUT2D eigenvalue weighted by Crippen LogP contribution is 2.32. The highest BCUT2D eigenvalue weighted by atomic mass is 32.1. The summed E-state index contributed by atoms with van der Waals surface area (Å²) in [6.07, 6.45) is 0. The minimum Gasteiger partial charge on any atom is -0.296 e. The van der Waals surface area contributed by atoms with Gasteiger partial charge in [0.1, 0.15) is 5.01 Å². The molecule has 5 nitrogen and oxygen atoms in total. The molecular formula is C25H21N3O2S. The Morgan fingerprint density at radius 2 is 1.42 bits per heavy atom. The molecule has 1 aromatic heterocycles. The molecule has 3 aromatic carbocycles. The number of ketones is 1. The smallest absolute Gasteiger partial charge is 0.258 e. The van der Waals surface area contributed by atoms with Gasteiger partial charge in [-0.2, -0.15) is 0 Å². The fourth-order valence-electron chi connectivity index (χ4n) is 3.68. The van der Waals surface area contributed by atoms with Crippen molar-refractivity contribution < 1.29 is 9.59 Å². The van der Waals surface area contributed by atoms with Crippen LogP contribution in [0, 0.1) is 20.8 Å². The number of carbonyl (C=O) groups excluding carboxylic acids is 2. The first-order chi connectivity index (χ1) is 14.9. The van der Waals surface area contributed by atoms with Crippen LogP contribution in [-0.4, -0.2) is 21.9 Å².